The van der Waals surface area contributed by atoms with Gasteiger partial charge in [0.2, 0.25) is 0 Å². The number of benzene rings is 1. The second-order valence-corrected chi connectivity index (χ2v) is 8.19. The van der Waals surface area contributed by atoms with Gasteiger partial charge in [-0.2, -0.15) is 0 Å². The SMILES string of the molecule is CC1CCCN1C1CCN(c2nc(-c3ccccc3Cl)cs2)CC1. The van der Waals surface area contributed by atoms with Crippen LogP contribution < -0.4 is 4.90 Å². The van der Waals surface area contributed by atoms with E-state index in [1.165, 1.54) is 32.2 Å². The van der Waals surface area contributed by atoms with Gasteiger partial charge in [-0.1, -0.05) is 29.8 Å². The third-order valence-electron chi connectivity index (χ3n) is 5.45. The van der Waals surface area contributed by atoms with Gasteiger partial charge in [0.15, 0.2) is 5.13 Å². The maximum Gasteiger partial charge on any atom is 0.185 e. The van der Waals surface area contributed by atoms with Crippen LogP contribution in [-0.4, -0.2) is 41.6 Å². The molecule has 1 unspecified atom stereocenters. The van der Waals surface area contributed by atoms with Crippen molar-refractivity contribution < 1.29 is 0 Å². The quantitative estimate of drug-likeness (QED) is 0.773. The zero-order valence-electron chi connectivity index (χ0n) is 14.1. The molecule has 2 aliphatic rings. The minimum Gasteiger partial charge on any atom is -0.348 e. The predicted molar refractivity (Wildman–Crippen MR) is 103 cm³/mol. The molecule has 3 nitrogen and oxygen atoms in total. The van der Waals surface area contributed by atoms with Crippen molar-refractivity contribution in [1.82, 2.24) is 9.88 Å². The molecule has 3 heterocycles. The second kappa shape index (κ2) is 7.03. The number of thiazole rings is 1. The van der Waals surface area contributed by atoms with Crippen molar-refractivity contribution in [2.75, 3.05) is 24.5 Å². The van der Waals surface area contributed by atoms with Crippen molar-refractivity contribution in [3.63, 3.8) is 0 Å². The normalized spacial score (nSPS) is 23.1. The molecule has 0 aliphatic carbocycles. The first-order valence-electron chi connectivity index (χ1n) is 8.93. The van der Waals surface area contributed by atoms with E-state index < -0.39 is 0 Å². The Kier molecular flexibility index (Phi) is 4.79. The van der Waals surface area contributed by atoms with Crippen molar-refractivity contribution in [3.05, 3.63) is 34.7 Å². The Morgan fingerprint density at radius 3 is 2.62 bits per heavy atom. The smallest absolute Gasteiger partial charge is 0.185 e. The molecule has 0 spiro atoms. The third-order valence-corrected chi connectivity index (χ3v) is 6.68. The zero-order valence-corrected chi connectivity index (χ0v) is 15.7. The number of anilines is 1. The molecule has 2 aliphatic heterocycles. The van der Waals surface area contributed by atoms with Gasteiger partial charge in [-0.3, -0.25) is 4.90 Å². The predicted octanol–water partition coefficient (Wildman–Crippen LogP) is 4.92. The summed E-state index contributed by atoms with van der Waals surface area (Å²) in [6.07, 6.45) is 5.25. The van der Waals surface area contributed by atoms with Crippen molar-refractivity contribution >= 4 is 28.1 Å². The number of rotatable bonds is 3. The van der Waals surface area contributed by atoms with Gasteiger partial charge in [-0.25, -0.2) is 4.98 Å². The molecule has 1 atom stereocenters. The first kappa shape index (κ1) is 16.4. The van der Waals surface area contributed by atoms with Crippen LogP contribution in [-0.2, 0) is 0 Å². The van der Waals surface area contributed by atoms with Crippen LogP contribution in [0, 0.1) is 0 Å². The average molecular weight is 362 g/mol. The average Bonchev–Trinajstić information content (AvgIpc) is 3.25. The summed E-state index contributed by atoms with van der Waals surface area (Å²) < 4.78 is 0. The van der Waals surface area contributed by atoms with Gasteiger partial charge in [0.25, 0.3) is 0 Å². The Balaban J connectivity index is 1.42. The number of piperidine rings is 1. The molecular formula is C19H24ClN3S. The maximum absolute atomic E-state index is 6.30. The standard InChI is InChI=1S/C19H24ClN3S/c1-14-5-4-10-23(14)15-8-11-22(12-9-15)19-21-18(13-24-19)16-6-2-3-7-17(16)20/h2-3,6-7,13-15H,4-5,8-12H2,1H3. The van der Waals surface area contributed by atoms with Crippen LogP contribution >= 0.6 is 22.9 Å². The largest absolute Gasteiger partial charge is 0.348 e. The Bertz CT molecular complexity index is 693. The van der Waals surface area contributed by atoms with E-state index in [1.54, 1.807) is 11.3 Å². The van der Waals surface area contributed by atoms with Crippen LogP contribution in [0.5, 0.6) is 0 Å². The highest BCUT2D eigenvalue weighted by atomic mass is 35.5. The van der Waals surface area contributed by atoms with E-state index >= 15 is 0 Å². The summed E-state index contributed by atoms with van der Waals surface area (Å²) in [5.74, 6) is 0. The molecule has 2 aromatic rings. The number of likely N-dealkylation sites (tertiary alicyclic amines) is 1. The fourth-order valence-corrected chi connectivity index (χ4v) is 5.20. The van der Waals surface area contributed by atoms with Gasteiger partial charge in [0.1, 0.15) is 0 Å². The topological polar surface area (TPSA) is 19.4 Å². The summed E-state index contributed by atoms with van der Waals surface area (Å²) in [4.78, 5) is 10.0. The van der Waals surface area contributed by atoms with Crippen molar-refractivity contribution in [2.24, 2.45) is 0 Å². The van der Waals surface area contributed by atoms with E-state index in [9.17, 15) is 0 Å². The first-order valence-corrected chi connectivity index (χ1v) is 10.2. The molecule has 0 amide bonds. The summed E-state index contributed by atoms with van der Waals surface area (Å²) in [5.41, 5.74) is 2.03. The highest BCUT2D eigenvalue weighted by molar-refractivity contribution is 7.14. The van der Waals surface area contributed by atoms with Crippen LogP contribution in [0.25, 0.3) is 11.3 Å². The highest BCUT2D eigenvalue weighted by Crippen LogP contribution is 2.33. The van der Waals surface area contributed by atoms with E-state index in [1.807, 2.05) is 24.3 Å². The number of halogens is 1. The lowest BCUT2D eigenvalue weighted by Crippen LogP contribution is -2.46. The zero-order chi connectivity index (χ0) is 16.5. The molecular weight excluding hydrogens is 338 g/mol. The van der Waals surface area contributed by atoms with Gasteiger partial charge in [-0.05, 0) is 45.2 Å². The number of nitrogens with zero attached hydrogens (tertiary/aromatic N) is 3. The molecule has 2 fully saturated rings. The van der Waals surface area contributed by atoms with Gasteiger partial charge in [-0.15, -0.1) is 11.3 Å². The summed E-state index contributed by atoms with van der Waals surface area (Å²) >= 11 is 8.04. The summed E-state index contributed by atoms with van der Waals surface area (Å²) in [6, 6.07) is 9.49. The lowest BCUT2D eigenvalue weighted by Gasteiger charge is -2.38. The van der Waals surface area contributed by atoms with Crippen LogP contribution in [0.4, 0.5) is 5.13 Å². The molecule has 1 aromatic heterocycles. The van der Waals surface area contributed by atoms with Crippen LogP contribution in [0.15, 0.2) is 29.6 Å². The van der Waals surface area contributed by atoms with Crippen molar-refractivity contribution in [2.45, 2.75) is 44.7 Å². The molecule has 0 radical (unpaired) electrons. The van der Waals surface area contributed by atoms with Gasteiger partial charge >= 0.3 is 0 Å². The summed E-state index contributed by atoms with van der Waals surface area (Å²) in [6.45, 7) is 5.91. The Labute approximate surface area is 153 Å². The van der Waals surface area contributed by atoms with E-state index in [4.69, 9.17) is 16.6 Å². The van der Waals surface area contributed by atoms with Gasteiger partial charge < -0.3 is 4.90 Å². The minimum atomic E-state index is 0.766. The third kappa shape index (κ3) is 3.19. The van der Waals surface area contributed by atoms with E-state index in [0.29, 0.717) is 0 Å². The number of hydrogen-bond acceptors (Lipinski definition) is 4. The van der Waals surface area contributed by atoms with Crippen LogP contribution in [0.3, 0.4) is 0 Å². The Morgan fingerprint density at radius 2 is 1.92 bits per heavy atom. The minimum absolute atomic E-state index is 0.766. The molecule has 128 valence electrons. The Hall–Kier alpha value is -1.10. The first-order chi connectivity index (χ1) is 11.7. The molecule has 1 aromatic carbocycles. The second-order valence-electron chi connectivity index (χ2n) is 6.94. The lowest BCUT2D eigenvalue weighted by molar-refractivity contribution is 0.163. The van der Waals surface area contributed by atoms with E-state index in [0.717, 1.165) is 46.6 Å². The molecule has 5 heteroatoms. The Morgan fingerprint density at radius 1 is 1.12 bits per heavy atom. The van der Waals surface area contributed by atoms with Gasteiger partial charge in [0.05, 0.1) is 5.69 Å². The van der Waals surface area contributed by atoms with Gasteiger partial charge in [0, 0.05) is 41.1 Å². The van der Waals surface area contributed by atoms with E-state index in [2.05, 4.69) is 22.1 Å². The van der Waals surface area contributed by atoms with Crippen LogP contribution in [0.1, 0.15) is 32.6 Å². The molecule has 2 saturated heterocycles. The molecule has 0 bridgehead atoms. The fraction of sp³-hybridized carbons (Fsp3) is 0.526. The molecule has 4 rings (SSSR count). The maximum atomic E-state index is 6.30. The fourth-order valence-electron chi connectivity index (χ4n) is 4.09. The highest BCUT2D eigenvalue weighted by Gasteiger charge is 2.31. The molecule has 24 heavy (non-hydrogen) atoms. The molecule has 0 saturated carbocycles. The monoisotopic (exact) mass is 361 g/mol. The van der Waals surface area contributed by atoms with E-state index in [-0.39, 0.29) is 0 Å². The number of aromatic nitrogens is 1. The van der Waals surface area contributed by atoms with Crippen LogP contribution in [0.2, 0.25) is 5.02 Å². The van der Waals surface area contributed by atoms with Crippen molar-refractivity contribution in [3.8, 4) is 11.3 Å². The lowest BCUT2D eigenvalue weighted by atomic mass is 10.0. The van der Waals surface area contributed by atoms with Crippen molar-refractivity contribution in [1.29, 1.82) is 0 Å². The summed E-state index contributed by atoms with van der Waals surface area (Å²) in [7, 11) is 0. The summed E-state index contributed by atoms with van der Waals surface area (Å²) in [5, 5.41) is 4.04. The number of hydrogen-bond donors (Lipinski definition) is 0. The molecule has 0 N–H and O–H groups in total.